The minimum Gasteiger partial charge on any atom is -0.481 e. The number of rotatable bonds is 7. The first kappa shape index (κ1) is 16.7. The quantitative estimate of drug-likeness (QED) is 0.710. The molecule has 2 amide bonds. The maximum absolute atomic E-state index is 11.9. The third kappa shape index (κ3) is 6.56. The monoisotopic (exact) mass is 292 g/mol. The van der Waals surface area contributed by atoms with Gasteiger partial charge in [0.15, 0.2) is 0 Å². The molecular formula is C15H20N2O4. The van der Waals surface area contributed by atoms with Crippen LogP contribution in [0.1, 0.15) is 32.3 Å². The summed E-state index contributed by atoms with van der Waals surface area (Å²) in [4.78, 5) is 33.4. The van der Waals surface area contributed by atoms with E-state index in [9.17, 15) is 14.4 Å². The van der Waals surface area contributed by atoms with E-state index in [1.54, 1.807) is 24.3 Å². The fourth-order valence-corrected chi connectivity index (χ4v) is 1.88. The van der Waals surface area contributed by atoms with Crippen molar-refractivity contribution in [1.82, 2.24) is 5.32 Å². The molecule has 6 nitrogen and oxygen atoms in total. The molecule has 21 heavy (non-hydrogen) atoms. The molecule has 114 valence electrons. The summed E-state index contributed by atoms with van der Waals surface area (Å²) in [6.07, 6.45) is 0.666. The van der Waals surface area contributed by atoms with E-state index in [0.29, 0.717) is 12.1 Å². The van der Waals surface area contributed by atoms with Gasteiger partial charge in [0.05, 0.1) is 12.8 Å². The minimum absolute atomic E-state index is 0.0797. The van der Waals surface area contributed by atoms with Crippen LogP contribution in [0.15, 0.2) is 24.3 Å². The van der Waals surface area contributed by atoms with E-state index in [-0.39, 0.29) is 30.7 Å². The van der Waals surface area contributed by atoms with E-state index in [4.69, 9.17) is 5.11 Å². The standard InChI is InChI=1S/C15H20N2O4/c1-3-12(9-15(20)21)17-14(19)8-11-4-6-13(7-5-11)16-10(2)18/h4-7,12H,3,8-9H2,1-2H3,(H,16,18)(H,17,19)(H,20,21). The molecule has 0 aliphatic carbocycles. The van der Waals surface area contributed by atoms with E-state index in [1.807, 2.05) is 6.92 Å². The van der Waals surface area contributed by atoms with Crippen LogP contribution in [0.25, 0.3) is 0 Å². The summed E-state index contributed by atoms with van der Waals surface area (Å²) in [5.41, 5.74) is 1.47. The molecule has 6 heteroatoms. The minimum atomic E-state index is -0.929. The molecule has 1 unspecified atom stereocenters. The second-order valence-electron chi connectivity index (χ2n) is 4.83. The molecular weight excluding hydrogens is 272 g/mol. The van der Waals surface area contributed by atoms with Gasteiger partial charge >= 0.3 is 5.97 Å². The number of anilines is 1. The lowest BCUT2D eigenvalue weighted by molar-refractivity contribution is -0.137. The summed E-state index contributed by atoms with van der Waals surface area (Å²) in [5.74, 6) is -1.29. The van der Waals surface area contributed by atoms with Gasteiger partial charge in [0, 0.05) is 18.7 Å². The van der Waals surface area contributed by atoms with Gasteiger partial charge in [-0.05, 0) is 24.1 Å². The van der Waals surface area contributed by atoms with Gasteiger partial charge in [-0.2, -0.15) is 0 Å². The normalized spacial score (nSPS) is 11.5. The second-order valence-corrected chi connectivity index (χ2v) is 4.83. The summed E-state index contributed by atoms with van der Waals surface area (Å²) in [5, 5.41) is 14.1. The summed E-state index contributed by atoms with van der Waals surface area (Å²) < 4.78 is 0. The summed E-state index contributed by atoms with van der Waals surface area (Å²) in [6.45, 7) is 3.25. The molecule has 0 aliphatic rings. The van der Waals surface area contributed by atoms with Crippen LogP contribution >= 0.6 is 0 Å². The lowest BCUT2D eigenvalue weighted by Crippen LogP contribution is -2.36. The number of hydrogen-bond donors (Lipinski definition) is 3. The molecule has 0 aromatic heterocycles. The number of amides is 2. The number of carboxylic acid groups (broad SMARTS) is 1. The van der Waals surface area contributed by atoms with Gasteiger partial charge in [-0.1, -0.05) is 19.1 Å². The van der Waals surface area contributed by atoms with Crippen molar-refractivity contribution in [3.05, 3.63) is 29.8 Å². The zero-order chi connectivity index (χ0) is 15.8. The number of aliphatic carboxylic acids is 1. The van der Waals surface area contributed by atoms with E-state index in [2.05, 4.69) is 10.6 Å². The van der Waals surface area contributed by atoms with Crippen LogP contribution in [-0.4, -0.2) is 28.9 Å². The Bertz CT molecular complexity index is 511. The SMILES string of the molecule is CCC(CC(=O)O)NC(=O)Cc1ccc(NC(C)=O)cc1. The van der Waals surface area contributed by atoms with Crippen molar-refractivity contribution in [3.8, 4) is 0 Å². The van der Waals surface area contributed by atoms with Crippen molar-refractivity contribution in [2.24, 2.45) is 0 Å². The van der Waals surface area contributed by atoms with Crippen LogP contribution in [0.4, 0.5) is 5.69 Å². The Kier molecular flexibility index (Phi) is 6.39. The van der Waals surface area contributed by atoms with Crippen molar-refractivity contribution in [1.29, 1.82) is 0 Å². The first-order valence-electron chi connectivity index (χ1n) is 6.78. The third-order valence-corrected chi connectivity index (χ3v) is 2.92. The Labute approximate surface area is 123 Å². The number of benzene rings is 1. The largest absolute Gasteiger partial charge is 0.481 e. The number of nitrogens with one attached hydrogen (secondary N) is 2. The Morgan fingerprint density at radius 1 is 1.19 bits per heavy atom. The summed E-state index contributed by atoms with van der Waals surface area (Å²) >= 11 is 0. The zero-order valence-electron chi connectivity index (χ0n) is 12.2. The molecule has 1 aromatic carbocycles. The topological polar surface area (TPSA) is 95.5 Å². The van der Waals surface area contributed by atoms with Crippen molar-refractivity contribution in [2.45, 2.75) is 39.2 Å². The zero-order valence-corrected chi connectivity index (χ0v) is 12.2. The van der Waals surface area contributed by atoms with Crippen LogP contribution in [0, 0.1) is 0 Å². The van der Waals surface area contributed by atoms with E-state index < -0.39 is 5.97 Å². The second kappa shape index (κ2) is 8.04. The molecule has 3 N–H and O–H groups in total. The van der Waals surface area contributed by atoms with Crippen LogP contribution in [0.3, 0.4) is 0 Å². The lowest BCUT2D eigenvalue weighted by Gasteiger charge is -2.14. The Hall–Kier alpha value is -2.37. The molecule has 1 atom stereocenters. The Morgan fingerprint density at radius 2 is 1.81 bits per heavy atom. The average Bonchev–Trinajstić information content (AvgIpc) is 2.39. The highest BCUT2D eigenvalue weighted by Crippen LogP contribution is 2.10. The van der Waals surface area contributed by atoms with E-state index in [1.165, 1.54) is 6.92 Å². The average molecular weight is 292 g/mol. The molecule has 1 rings (SSSR count). The predicted octanol–water partition coefficient (Wildman–Crippen LogP) is 1.56. The third-order valence-electron chi connectivity index (χ3n) is 2.92. The van der Waals surface area contributed by atoms with Gasteiger partial charge in [0.1, 0.15) is 0 Å². The highest BCUT2D eigenvalue weighted by molar-refractivity contribution is 5.88. The molecule has 0 radical (unpaired) electrons. The fraction of sp³-hybridized carbons (Fsp3) is 0.400. The van der Waals surface area contributed by atoms with Gasteiger partial charge in [0.2, 0.25) is 11.8 Å². The van der Waals surface area contributed by atoms with Crippen molar-refractivity contribution >= 4 is 23.5 Å². The highest BCUT2D eigenvalue weighted by atomic mass is 16.4. The molecule has 0 aliphatic heterocycles. The van der Waals surface area contributed by atoms with Crippen LogP contribution in [0.5, 0.6) is 0 Å². The molecule has 0 spiro atoms. The first-order valence-corrected chi connectivity index (χ1v) is 6.78. The maximum Gasteiger partial charge on any atom is 0.305 e. The molecule has 0 fully saturated rings. The first-order chi connectivity index (χ1) is 9.90. The van der Waals surface area contributed by atoms with Crippen LogP contribution in [0.2, 0.25) is 0 Å². The molecule has 0 heterocycles. The van der Waals surface area contributed by atoms with Crippen molar-refractivity contribution in [3.63, 3.8) is 0 Å². The molecule has 0 bridgehead atoms. The molecule has 1 aromatic rings. The smallest absolute Gasteiger partial charge is 0.305 e. The number of carboxylic acids is 1. The number of carbonyl (C=O) groups is 3. The Balaban J connectivity index is 2.54. The van der Waals surface area contributed by atoms with Gasteiger partial charge in [-0.25, -0.2) is 0 Å². The summed E-state index contributed by atoms with van der Waals surface area (Å²) in [7, 11) is 0. The molecule has 0 saturated heterocycles. The van der Waals surface area contributed by atoms with Crippen LogP contribution in [-0.2, 0) is 20.8 Å². The number of carbonyl (C=O) groups excluding carboxylic acids is 2. The van der Waals surface area contributed by atoms with Gasteiger partial charge in [-0.3, -0.25) is 14.4 Å². The van der Waals surface area contributed by atoms with Gasteiger partial charge < -0.3 is 15.7 Å². The van der Waals surface area contributed by atoms with Crippen LogP contribution < -0.4 is 10.6 Å². The van der Waals surface area contributed by atoms with Gasteiger partial charge in [0.25, 0.3) is 0 Å². The maximum atomic E-state index is 11.9. The fourth-order valence-electron chi connectivity index (χ4n) is 1.88. The van der Waals surface area contributed by atoms with E-state index >= 15 is 0 Å². The Morgan fingerprint density at radius 3 is 2.29 bits per heavy atom. The molecule has 0 saturated carbocycles. The van der Waals surface area contributed by atoms with Crippen molar-refractivity contribution < 1.29 is 19.5 Å². The van der Waals surface area contributed by atoms with Crippen molar-refractivity contribution in [2.75, 3.05) is 5.32 Å². The lowest BCUT2D eigenvalue weighted by atomic mass is 10.1. The van der Waals surface area contributed by atoms with E-state index in [0.717, 1.165) is 5.56 Å². The summed E-state index contributed by atoms with van der Waals surface area (Å²) in [6, 6.07) is 6.59. The highest BCUT2D eigenvalue weighted by Gasteiger charge is 2.14. The van der Waals surface area contributed by atoms with Gasteiger partial charge in [-0.15, -0.1) is 0 Å². The predicted molar refractivity (Wildman–Crippen MR) is 78.9 cm³/mol. The number of hydrogen-bond acceptors (Lipinski definition) is 3.